The summed E-state index contributed by atoms with van der Waals surface area (Å²) in [5.41, 5.74) is 10.0. The van der Waals surface area contributed by atoms with Crippen LogP contribution in [0.15, 0.2) is 30.9 Å². The van der Waals surface area contributed by atoms with E-state index in [-0.39, 0.29) is 42.9 Å². The number of allylic oxidation sites excluding steroid dienone is 3. The summed E-state index contributed by atoms with van der Waals surface area (Å²) in [5, 5.41) is 20.1. The summed E-state index contributed by atoms with van der Waals surface area (Å²) >= 11 is 0. The molecule has 240 valence electrons. The van der Waals surface area contributed by atoms with Crippen LogP contribution >= 0.6 is 0 Å². The molecular formula is C36H40N4O6. The van der Waals surface area contributed by atoms with Gasteiger partial charge in [-0.25, -0.2) is 9.78 Å². The van der Waals surface area contributed by atoms with E-state index in [9.17, 15) is 24.6 Å². The van der Waals surface area contributed by atoms with Crippen molar-refractivity contribution in [3.8, 4) is 0 Å². The van der Waals surface area contributed by atoms with E-state index >= 15 is 0 Å². The number of ether oxygens (including phenoxy) is 1. The predicted molar refractivity (Wildman–Crippen MR) is 178 cm³/mol. The van der Waals surface area contributed by atoms with Crippen molar-refractivity contribution in [2.75, 3.05) is 6.61 Å². The van der Waals surface area contributed by atoms with Crippen LogP contribution in [0.2, 0.25) is 0 Å². The average molecular weight is 625 g/mol. The Kier molecular flexibility index (Phi) is 9.01. The summed E-state index contributed by atoms with van der Waals surface area (Å²) in [4.78, 5) is 54.6. The third-order valence-electron chi connectivity index (χ3n) is 9.25. The number of aromatic carboxylic acids is 1. The molecule has 0 spiro atoms. The van der Waals surface area contributed by atoms with E-state index in [1.807, 2.05) is 39.0 Å². The number of nitrogens with one attached hydrogen (secondary N) is 2. The number of rotatable bonds is 9. The number of aryl methyl sites for hydroxylation is 3. The number of nitrogens with zero attached hydrogens (tertiary/aromatic N) is 2. The van der Waals surface area contributed by atoms with Gasteiger partial charge in [-0.15, -0.1) is 0 Å². The fraction of sp³-hybridized carbons (Fsp3) is 0.361. The van der Waals surface area contributed by atoms with Crippen molar-refractivity contribution in [2.45, 2.75) is 79.1 Å². The lowest BCUT2D eigenvalue weighted by Gasteiger charge is -2.17. The number of carboxylic acid groups (broad SMARTS) is 2. The van der Waals surface area contributed by atoms with Crippen molar-refractivity contribution in [1.82, 2.24) is 19.9 Å². The van der Waals surface area contributed by atoms with E-state index in [1.54, 1.807) is 19.9 Å². The van der Waals surface area contributed by atoms with Crippen molar-refractivity contribution in [3.63, 3.8) is 0 Å². The highest BCUT2D eigenvalue weighted by Crippen LogP contribution is 2.43. The van der Waals surface area contributed by atoms with Crippen molar-refractivity contribution in [2.24, 2.45) is 0 Å². The van der Waals surface area contributed by atoms with Gasteiger partial charge < -0.3 is 24.9 Å². The highest BCUT2D eigenvalue weighted by Gasteiger charge is 2.34. The Bertz CT molecular complexity index is 1980. The normalized spacial score (nSPS) is 16.0. The van der Waals surface area contributed by atoms with Gasteiger partial charge >= 0.3 is 17.9 Å². The molecule has 2 aliphatic heterocycles. The number of hydrogen-bond donors (Lipinski definition) is 4. The standard InChI is InChI=1S/C36H40N4O6/c1-8-21-17(4)25-14-27-19(6)23(11-12-31(41)42)34(39-27)24(13-32(43)46-10-3)35-33(36(44)45)20(7)28(40-35)16-30-22(9-2)18(5)26(38-30)15-29(21)37-25/h8,14-16,19,23,38,40H,1,9-13H2,2-7H3,(H,41,42)(H,44,45). The number of aromatic nitrogens is 4. The fourth-order valence-corrected chi connectivity index (χ4v) is 6.74. The molecule has 0 fully saturated rings. The minimum absolute atomic E-state index is 0.0288. The number of H-pyrrole nitrogens is 2. The molecular weight excluding hydrogens is 584 g/mol. The van der Waals surface area contributed by atoms with Gasteiger partial charge in [-0.1, -0.05) is 26.5 Å². The Labute approximate surface area is 267 Å². The summed E-state index contributed by atoms with van der Waals surface area (Å²) < 4.78 is 5.33. The molecule has 0 saturated heterocycles. The molecule has 2 aliphatic rings. The first-order valence-electron chi connectivity index (χ1n) is 15.6. The number of aliphatic carboxylic acids is 1. The van der Waals surface area contributed by atoms with Gasteiger partial charge in [0.1, 0.15) is 0 Å². The molecule has 0 radical (unpaired) electrons. The van der Waals surface area contributed by atoms with E-state index in [2.05, 4.69) is 23.5 Å². The molecule has 5 rings (SSSR count). The predicted octanol–water partition coefficient (Wildman–Crippen LogP) is 7.17. The SMILES string of the molecule is C=CC1=C(C)c2cc3nc(c(CC(=O)OCC)c4[nH]c(cc5[nH]c(cc1n2)c(C)c5CC)c(C)c4C(=O)O)C(CCC(=O)O)C3C. The van der Waals surface area contributed by atoms with Gasteiger partial charge in [0.15, 0.2) is 0 Å². The van der Waals surface area contributed by atoms with Crippen LogP contribution in [0.3, 0.4) is 0 Å². The third-order valence-corrected chi connectivity index (χ3v) is 9.25. The minimum atomic E-state index is -1.15. The zero-order valence-corrected chi connectivity index (χ0v) is 27.1. The van der Waals surface area contributed by atoms with Crippen LogP contribution in [0.4, 0.5) is 0 Å². The van der Waals surface area contributed by atoms with Gasteiger partial charge in [-0.2, -0.15) is 0 Å². The number of fused-ring (bicyclic) bond motifs is 8. The summed E-state index contributed by atoms with van der Waals surface area (Å²) in [6, 6.07) is 5.81. The van der Waals surface area contributed by atoms with Crippen molar-refractivity contribution in [1.29, 1.82) is 0 Å². The average Bonchev–Trinajstić information content (AvgIpc) is 3.68. The molecule has 0 amide bonds. The molecule has 10 heteroatoms. The molecule has 5 heterocycles. The second-order valence-corrected chi connectivity index (χ2v) is 11.9. The van der Waals surface area contributed by atoms with Crippen LogP contribution in [0.1, 0.15) is 108 Å². The van der Waals surface area contributed by atoms with Crippen molar-refractivity contribution in [3.05, 3.63) is 81.4 Å². The number of hydrogen-bond acceptors (Lipinski definition) is 6. The zero-order chi connectivity index (χ0) is 33.4. The van der Waals surface area contributed by atoms with Gasteiger partial charge in [0.2, 0.25) is 0 Å². The first kappa shape index (κ1) is 32.4. The van der Waals surface area contributed by atoms with E-state index in [1.165, 1.54) is 0 Å². The second-order valence-electron chi connectivity index (χ2n) is 11.9. The highest BCUT2D eigenvalue weighted by molar-refractivity contribution is 6.02. The zero-order valence-electron chi connectivity index (χ0n) is 27.1. The van der Waals surface area contributed by atoms with Crippen LogP contribution in [-0.4, -0.2) is 54.7 Å². The molecule has 3 aromatic rings. The Balaban J connectivity index is 2.03. The maximum absolute atomic E-state index is 13.1. The van der Waals surface area contributed by atoms with Gasteiger partial charge in [-0.05, 0) is 81.0 Å². The third kappa shape index (κ3) is 5.75. The lowest BCUT2D eigenvalue weighted by molar-refractivity contribution is -0.142. The molecule has 0 aromatic carbocycles. The van der Waals surface area contributed by atoms with Crippen LogP contribution in [-0.2, 0) is 27.2 Å². The van der Waals surface area contributed by atoms with E-state index in [0.717, 1.165) is 45.4 Å². The first-order chi connectivity index (χ1) is 21.9. The molecule has 46 heavy (non-hydrogen) atoms. The van der Waals surface area contributed by atoms with E-state index in [0.29, 0.717) is 33.7 Å². The van der Waals surface area contributed by atoms with Gasteiger partial charge in [0, 0.05) is 51.6 Å². The molecule has 10 nitrogen and oxygen atoms in total. The highest BCUT2D eigenvalue weighted by atomic mass is 16.5. The molecule has 4 N–H and O–H groups in total. The Morgan fingerprint density at radius 2 is 1.67 bits per heavy atom. The molecule has 0 aliphatic carbocycles. The fourth-order valence-electron chi connectivity index (χ4n) is 6.74. The molecule has 8 bridgehead atoms. The van der Waals surface area contributed by atoms with Gasteiger partial charge in [-0.3, -0.25) is 14.6 Å². The van der Waals surface area contributed by atoms with Crippen LogP contribution in [0.25, 0.3) is 33.2 Å². The number of aromatic amines is 2. The minimum Gasteiger partial charge on any atom is -0.481 e. The Morgan fingerprint density at radius 3 is 2.30 bits per heavy atom. The summed E-state index contributed by atoms with van der Waals surface area (Å²) in [7, 11) is 0. The maximum Gasteiger partial charge on any atom is 0.338 e. The van der Waals surface area contributed by atoms with Crippen LogP contribution < -0.4 is 0 Å². The second kappa shape index (κ2) is 12.8. The smallest absolute Gasteiger partial charge is 0.338 e. The molecule has 3 aromatic heterocycles. The number of esters is 1. The summed E-state index contributed by atoms with van der Waals surface area (Å²) in [6.07, 6.45) is 2.41. The maximum atomic E-state index is 13.1. The first-order valence-corrected chi connectivity index (χ1v) is 15.6. The Hall–Kier alpha value is -4.99. The molecule has 2 unspecified atom stereocenters. The van der Waals surface area contributed by atoms with Gasteiger partial charge in [0.25, 0.3) is 0 Å². The number of carboxylic acids is 2. The summed E-state index contributed by atoms with van der Waals surface area (Å²) in [5.74, 6) is -3.29. The largest absolute Gasteiger partial charge is 0.481 e. The Morgan fingerprint density at radius 1 is 0.957 bits per heavy atom. The van der Waals surface area contributed by atoms with Gasteiger partial charge in [0.05, 0.1) is 41.2 Å². The molecule has 2 atom stereocenters. The van der Waals surface area contributed by atoms with Crippen LogP contribution in [0.5, 0.6) is 0 Å². The molecule has 0 saturated carbocycles. The van der Waals surface area contributed by atoms with Crippen molar-refractivity contribution >= 4 is 51.1 Å². The van der Waals surface area contributed by atoms with E-state index < -0.39 is 23.8 Å². The van der Waals surface area contributed by atoms with E-state index in [4.69, 9.17) is 14.7 Å². The van der Waals surface area contributed by atoms with Crippen LogP contribution in [0, 0.1) is 13.8 Å². The van der Waals surface area contributed by atoms with Crippen molar-refractivity contribution < 1.29 is 29.3 Å². The lowest BCUT2D eigenvalue weighted by atomic mass is 9.85. The monoisotopic (exact) mass is 624 g/mol. The lowest BCUT2D eigenvalue weighted by Crippen LogP contribution is -2.13. The quantitative estimate of drug-likeness (QED) is 0.183. The topological polar surface area (TPSA) is 158 Å². The summed E-state index contributed by atoms with van der Waals surface area (Å²) in [6.45, 7) is 15.7. The number of carbonyl (C=O) groups is 3. The number of carbonyl (C=O) groups excluding carboxylic acids is 1.